The van der Waals surface area contributed by atoms with Gasteiger partial charge in [0.15, 0.2) is 0 Å². The minimum atomic E-state index is -2.97. The molecule has 0 aliphatic carbocycles. The van der Waals surface area contributed by atoms with E-state index in [9.17, 15) is 13.2 Å². The Morgan fingerprint density at radius 2 is 1.95 bits per heavy atom. The van der Waals surface area contributed by atoms with Crippen molar-refractivity contribution in [2.24, 2.45) is 0 Å². The van der Waals surface area contributed by atoms with Crippen LogP contribution in [0.2, 0.25) is 0 Å². The maximum atomic E-state index is 14.3. The molecule has 22 heavy (non-hydrogen) atoms. The van der Waals surface area contributed by atoms with Gasteiger partial charge in [-0.3, -0.25) is 9.58 Å². The summed E-state index contributed by atoms with van der Waals surface area (Å²) in [5.41, 5.74) is -0.0281. The molecule has 0 unspecified atom stereocenters. The molecule has 2 atom stereocenters. The minimum Gasteiger partial charge on any atom is -0.294 e. The van der Waals surface area contributed by atoms with E-state index in [1.807, 2.05) is 0 Å². The van der Waals surface area contributed by atoms with Gasteiger partial charge in [0.05, 0.1) is 12.6 Å². The standard InChI is InChI=1S/C16H18F3N3/c17-14-11-21(10-7-15(14)22-9-4-8-20-22)12-16(18,19)13-5-2-1-3-6-13/h1-6,8-9,14-15H,7,10-12H2/t14-,15-/m1/s1. The van der Waals surface area contributed by atoms with Crippen molar-refractivity contribution in [3.05, 3.63) is 54.4 Å². The molecule has 0 radical (unpaired) electrons. The van der Waals surface area contributed by atoms with Crippen molar-refractivity contribution in [3.8, 4) is 0 Å². The normalized spacial score (nSPS) is 23.6. The van der Waals surface area contributed by atoms with E-state index in [1.54, 1.807) is 41.3 Å². The molecule has 1 fully saturated rings. The van der Waals surface area contributed by atoms with Gasteiger partial charge in [0.2, 0.25) is 0 Å². The van der Waals surface area contributed by atoms with E-state index in [1.165, 1.54) is 17.0 Å². The first-order valence-electron chi connectivity index (χ1n) is 7.35. The van der Waals surface area contributed by atoms with E-state index in [4.69, 9.17) is 0 Å². The van der Waals surface area contributed by atoms with E-state index < -0.39 is 18.6 Å². The number of alkyl halides is 3. The van der Waals surface area contributed by atoms with Gasteiger partial charge in [-0.1, -0.05) is 30.3 Å². The summed E-state index contributed by atoms with van der Waals surface area (Å²) < 4.78 is 44.4. The summed E-state index contributed by atoms with van der Waals surface area (Å²) in [4.78, 5) is 1.50. The second-order valence-electron chi connectivity index (χ2n) is 5.66. The summed E-state index contributed by atoms with van der Waals surface area (Å²) in [6.45, 7) is -0.0103. The molecule has 1 aromatic carbocycles. The topological polar surface area (TPSA) is 21.1 Å². The van der Waals surface area contributed by atoms with Crippen molar-refractivity contribution in [1.82, 2.24) is 14.7 Å². The van der Waals surface area contributed by atoms with Crippen LogP contribution in [0.3, 0.4) is 0 Å². The second kappa shape index (κ2) is 6.12. The molecule has 1 aliphatic rings. The third-order valence-corrected chi connectivity index (χ3v) is 4.07. The van der Waals surface area contributed by atoms with Crippen LogP contribution in [0.15, 0.2) is 48.8 Å². The first-order valence-corrected chi connectivity index (χ1v) is 7.35. The maximum absolute atomic E-state index is 14.3. The van der Waals surface area contributed by atoms with Gasteiger partial charge in [0, 0.05) is 31.0 Å². The van der Waals surface area contributed by atoms with E-state index in [0.717, 1.165) is 0 Å². The van der Waals surface area contributed by atoms with Crippen LogP contribution in [0.5, 0.6) is 0 Å². The van der Waals surface area contributed by atoms with Gasteiger partial charge in [-0.25, -0.2) is 4.39 Å². The predicted octanol–water partition coefficient (Wildman–Crippen LogP) is 3.26. The molecule has 3 rings (SSSR count). The highest BCUT2D eigenvalue weighted by Crippen LogP contribution is 2.32. The lowest BCUT2D eigenvalue weighted by molar-refractivity contribution is -0.0538. The SMILES string of the molecule is F[C@@H]1CN(CC(F)(F)c2ccccc2)CC[C@H]1n1cccn1. The summed E-state index contributed by atoms with van der Waals surface area (Å²) in [6.07, 6.45) is 2.60. The first kappa shape index (κ1) is 15.1. The quantitative estimate of drug-likeness (QED) is 0.864. The molecule has 6 heteroatoms. The van der Waals surface area contributed by atoms with Crippen LogP contribution in [0.25, 0.3) is 0 Å². The third kappa shape index (κ3) is 3.16. The molecule has 2 aromatic rings. The van der Waals surface area contributed by atoms with Gasteiger partial charge >= 0.3 is 0 Å². The van der Waals surface area contributed by atoms with E-state index >= 15 is 0 Å². The highest BCUT2D eigenvalue weighted by Gasteiger charge is 2.38. The third-order valence-electron chi connectivity index (χ3n) is 4.07. The Labute approximate surface area is 127 Å². The fraction of sp³-hybridized carbons (Fsp3) is 0.438. The number of hydrogen-bond donors (Lipinski definition) is 0. The Balaban J connectivity index is 1.63. The van der Waals surface area contributed by atoms with Gasteiger partial charge in [-0.2, -0.15) is 13.9 Å². The molecule has 1 aliphatic heterocycles. The van der Waals surface area contributed by atoms with Crippen LogP contribution in [-0.4, -0.2) is 40.5 Å². The lowest BCUT2D eigenvalue weighted by atomic mass is 10.0. The summed E-state index contributed by atoms with van der Waals surface area (Å²) in [7, 11) is 0. The average molecular weight is 309 g/mol. The molecule has 1 saturated heterocycles. The zero-order valence-corrected chi connectivity index (χ0v) is 12.1. The molecule has 0 saturated carbocycles. The highest BCUT2D eigenvalue weighted by molar-refractivity contribution is 5.20. The number of nitrogens with zero attached hydrogens (tertiary/aromatic N) is 3. The molecule has 0 amide bonds. The Morgan fingerprint density at radius 3 is 2.59 bits per heavy atom. The zero-order valence-electron chi connectivity index (χ0n) is 12.1. The number of rotatable bonds is 4. The monoisotopic (exact) mass is 309 g/mol. The summed E-state index contributed by atoms with van der Waals surface area (Å²) in [5, 5.41) is 4.05. The lowest BCUT2D eigenvalue weighted by Gasteiger charge is -2.36. The predicted molar refractivity (Wildman–Crippen MR) is 77.6 cm³/mol. The minimum absolute atomic E-state index is 0.00690. The van der Waals surface area contributed by atoms with Crippen molar-refractivity contribution in [1.29, 1.82) is 0 Å². The summed E-state index contributed by atoms with van der Waals surface area (Å²) in [5.74, 6) is -2.97. The molecule has 0 spiro atoms. The second-order valence-corrected chi connectivity index (χ2v) is 5.66. The van der Waals surface area contributed by atoms with Crippen molar-refractivity contribution in [2.45, 2.75) is 24.6 Å². The van der Waals surface area contributed by atoms with Crippen LogP contribution in [0.1, 0.15) is 18.0 Å². The number of hydrogen-bond acceptors (Lipinski definition) is 2. The van der Waals surface area contributed by atoms with Gasteiger partial charge in [0.1, 0.15) is 6.17 Å². The number of halogens is 3. The number of aromatic nitrogens is 2. The van der Waals surface area contributed by atoms with Crippen molar-refractivity contribution >= 4 is 0 Å². The van der Waals surface area contributed by atoms with Crippen molar-refractivity contribution < 1.29 is 13.2 Å². The van der Waals surface area contributed by atoms with Crippen molar-refractivity contribution in [3.63, 3.8) is 0 Å². The fourth-order valence-corrected chi connectivity index (χ4v) is 2.93. The molecule has 1 aromatic heterocycles. The summed E-state index contributed by atoms with van der Waals surface area (Å²) >= 11 is 0. The van der Waals surface area contributed by atoms with E-state index in [0.29, 0.717) is 13.0 Å². The molecule has 118 valence electrons. The Kier molecular flexibility index (Phi) is 4.20. The average Bonchev–Trinajstić information content (AvgIpc) is 3.02. The first-order chi connectivity index (χ1) is 10.6. The number of benzene rings is 1. The van der Waals surface area contributed by atoms with Gasteiger partial charge < -0.3 is 0 Å². The Bertz CT molecular complexity index is 586. The Hall–Kier alpha value is -1.82. The maximum Gasteiger partial charge on any atom is 0.285 e. The fourth-order valence-electron chi connectivity index (χ4n) is 2.93. The molecule has 0 N–H and O–H groups in total. The van der Waals surface area contributed by atoms with Crippen LogP contribution in [-0.2, 0) is 5.92 Å². The molecular formula is C16H18F3N3. The Morgan fingerprint density at radius 1 is 1.18 bits per heavy atom. The summed E-state index contributed by atoms with van der Waals surface area (Å²) in [6, 6.07) is 9.06. The molecule has 0 bridgehead atoms. The molecule has 3 nitrogen and oxygen atoms in total. The van der Waals surface area contributed by atoms with Gasteiger partial charge in [0.25, 0.3) is 5.92 Å². The van der Waals surface area contributed by atoms with E-state index in [-0.39, 0.29) is 18.2 Å². The number of piperidine rings is 1. The van der Waals surface area contributed by atoms with Gasteiger partial charge in [-0.15, -0.1) is 0 Å². The smallest absolute Gasteiger partial charge is 0.285 e. The van der Waals surface area contributed by atoms with Crippen LogP contribution < -0.4 is 0 Å². The van der Waals surface area contributed by atoms with Crippen molar-refractivity contribution in [2.75, 3.05) is 19.6 Å². The molecular weight excluding hydrogens is 291 g/mol. The zero-order chi connectivity index (χ0) is 15.6. The van der Waals surface area contributed by atoms with E-state index in [2.05, 4.69) is 5.10 Å². The lowest BCUT2D eigenvalue weighted by Crippen LogP contribution is -2.46. The van der Waals surface area contributed by atoms with Crippen LogP contribution in [0, 0.1) is 0 Å². The van der Waals surface area contributed by atoms with Crippen LogP contribution >= 0.6 is 0 Å². The van der Waals surface area contributed by atoms with Gasteiger partial charge in [-0.05, 0) is 12.5 Å². The highest BCUT2D eigenvalue weighted by atomic mass is 19.3. The number of likely N-dealkylation sites (tertiary alicyclic amines) is 1. The largest absolute Gasteiger partial charge is 0.294 e. The molecule has 2 heterocycles. The van der Waals surface area contributed by atoms with Crippen LogP contribution in [0.4, 0.5) is 13.2 Å².